The Morgan fingerprint density at radius 2 is 1.69 bits per heavy atom. The van der Waals surface area contributed by atoms with Crippen LogP contribution >= 0.6 is 0 Å². The molecule has 0 atom stereocenters. The SMILES string of the molecule is CCc1ccc(NC(=O)c2cc(N3CCN(c4ccccn4)CC3)ccn2)cc1. The Balaban J connectivity index is 1.40. The van der Waals surface area contributed by atoms with Gasteiger partial charge >= 0.3 is 0 Å². The largest absolute Gasteiger partial charge is 0.368 e. The summed E-state index contributed by atoms with van der Waals surface area (Å²) in [6.07, 6.45) is 4.51. The summed E-state index contributed by atoms with van der Waals surface area (Å²) in [4.78, 5) is 25.9. The first-order valence-corrected chi connectivity index (χ1v) is 10.00. The molecule has 1 fully saturated rings. The van der Waals surface area contributed by atoms with Gasteiger partial charge in [-0.1, -0.05) is 25.1 Å². The van der Waals surface area contributed by atoms with E-state index >= 15 is 0 Å². The smallest absolute Gasteiger partial charge is 0.274 e. The predicted molar refractivity (Wildman–Crippen MR) is 117 cm³/mol. The van der Waals surface area contributed by atoms with E-state index in [9.17, 15) is 4.79 Å². The minimum atomic E-state index is -0.191. The highest BCUT2D eigenvalue weighted by molar-refractivity contribution is 6.03. The zero-order valence-electron chi connectivity index (χ0n) is 16.6. The van der Waals surface area contributed by atoms with Gasteiger partial charge in [-0.3, -0.25) is 9.78 Å². The molecule has 1 aromatic carbocycles. The molecule has 3 aromatic rings. The van der Waals surface area contributed by atoms with E-state index in [1.165, 1.54) is 5.56 Å². The van der Waals surface area contributed by atoms with E-state index in [4.69, 9.17) is 0 Å². The third kappa shape index (κ3) is 4.54. The Morgan fingerprint density at radius 1 is 0.931 bits per heavy atom. The second-order valence-corrected chi connectivity index (χ2v) is 7.07. The average molecular weight is 387 g/mol. The minimum Gasteiger partial charge on any atom is -0.368 e. The molecule has 1 aliphatic heterocycles. The zero-order valence-corrected chi connectivity index (χ0v) is 16.6. The molecular formula is C23H25N5O. The fraction of sp³-hybridized carbons (Fsp3) is 0.261. The van der Waals surface area contributed by atoms with Crippen molar-refractivity contribution in [2.75, 3.05) is 41.3 Å². The molecule has 148 valence electrons. The third-order valence-corrected chi connectivity index (χ3v) is 5.21. The number of amides is 1. The lowest BCUT2D eigenvalue weighted by molar-refractivity contribution is 0.102. The summed E-state index contributed by atoms with van der Waals surface area (Å²) in [6.45, 7) is 5.65. The van der Waals surface area contributed by atoms with Crippen LogP contribution in [0.4, 0.5) is 17.2 Å². The van der Waals surface area contributed by atoms with Crippen LogP contribution in [0.5, 0.6) is 0 Å². The summed E-state index contributed by atoms with van der Waals surface area (Å²) in [5, 5.41) is 2.93. The maximum absolute atomic E-state index is 12.6. The van der Waals surface area contributed by atoms with Gasteiger partial charge in [0, 0.05) is 49.9 Å². The van der Waals surface area contributed by atoms with E-state index in [0.717, 1.165) is 49.8 Å². The number of nitrogens with one attached hydrogen (secondary N) is 1. The number of hydrogen-bond donors (Lipinski definition) is 1. The van der Waals surface area contributed by atoms with Crippen LogP contribution in [0.25, 0.3) is 0 Å². The number of carbonyl (C=O) groups excluding carboxylic acids is 1. The molecule has 3 heterocycles. The number of aromatic nitrogens is 2. The number of piperazine rings is 1. The molecule has 0 spiro atoms. The van der Waals surface area contributed by atoms with E-state index < -0.39 is 0 Å². The fourth-order valence-corrected chi connectivity index (χ4v) is 3.49. The molecule has 1 saturated heterocycles. The van der Waals surface area contributed by atoms with Crippen molar-refractivity contribution in [2.24, 2.45) is 0 Å². The molecule has 2 aromatic heterocycles. The van der Waals surface area contributed by atoms with Crippen LogP contribution in [0.15, 0.2) is 67.0 Å². The number of anilines is 3. The third-order valence-electron chi connectivity index (χ3n) is 5.21. The van der Waals surface area contributed by atoms with Crippen LogP contribution in [0.1, 0.15) is 23.0 Å². The van der Waals surface area contributed by atoms with Crippen molar-refractivity contribution in [2.45, 2.75) is 13.3 Å². The van der Waals surface area contributed by atoms with Gasteiger partial charge in [0.15, 0.2) is 0 Å². The molecule has 29 heavy (non-hydrogen) atoms. The molecule has 0 bridgehead atoms. The predicted octanol–water partition coefficient (Wildman–Crippen LogP) is 3.62. The lowest BCUT2D eigenvalue weighted by atomic mass is 10.1. The van der Waals surface area contributed by atoms with Crippen molar-refractivity contribution < 1.29 is 4.79 Å². The van der Waals surface area contributed by atoms with Crippen molar-refractivity contribution in [1.29, 1.82) is 0 Å². The van der Waals surface area contributed by atoms with Crippen molar-refractivity contribution >= 4 is 23.1 Å². The summed E-state index contributed by atoms with van der Waals surface area (Å²) in [5.74, 6) is 0.819. The van der Waals surface area contributed by atoms with Crippen LogP contribution in [0, 0.1) is 0 Å². The van der Waals surface area contributed by atoms with E-state index in [0.29, 0.717) is 5.69 Å². The summed E-state index contributed by atoms with van der Waals surface area (Å²) in [5.41, 5.74) is 3.47. The second kappa shape index (κ2) is 8.73. The number of pyridine rings is 2. The van der Waals surface area contributed by atoms with Crippen molar-refractivity contribution in [1.82, 2.24) is 9.97 Å². The molecule has 0 aliphatic carbocycles. The van der Waals surface area contributed by atoms with Crippen molar-refractivity contribution in [3.05, 3.63) is 78.2 Å². The molecule has 1 N–H and O–H groups in total. The first-order chi connectivity index (χ1) is 14.2. The molecule has 0 saturated carbocycles. The second-order valence-electron chi connectivity index (χ2n) is 7.07. The van der Waals surface area contributed by atoms with Crippen molar-refractivity contribution in [3.8, 4) is 0 Å². The maximum Gasteiger partial charge on any atom is 0.274 e. The van der Waals surface area contributed by atoms with E-state index in [-0.39, 0.29) is 5.91 Å². The molecule has 1 amide bonds. The number of hydrogen-bond acceptors (Lipinski definition) is 5. The standard InChI is InChI=1S/C23H25N5O/c1-2-18-6-8-19(9-7-18)26-23(29)21-17-20(10-12-24-21)27-13-15-28(16-14-27)22-5-3-4-11-25-22/h3-12,17H,2,13-16H2,1H3,(H,26,29). The van der Waals surface area contributed by atoms with Gasteiger partial charge in [-0.15, -0.1) is 0 Å². The number of rotatable bonds is 5. The summed E-state index contributed by atoms with van der Waals surface area (Å²) in [7, 11) is 0. The van der Waals surface area contributed by atoms with Gasteiger partial charge in [0.2, 0.25) is 0 Å². The van der Waals surface area contributed by atoms with Gasteiger partial charge in [-0.05, 0) is 48.4 Å². The summed E-state index contributed by atoms with van der Waals surface area (Å²) >= 11 is 0. The Hall–Kier alpha value is -3.41. The zero-order chi connectivity index (χ0) is 20.1. The number of benzene rings is 1. The van der Waals surface area contributed by atoms with Crippen LogP contribution in [0.2, 0.25) is 0 Å². The summed E-state index contributed by atoms with van der Waals surface area (Å²) in [6, 6.07) is 17.7. The lowest BCUT2D eigenvalue weighted by Crippen LogP contribution is -2.46. The first kappa shape index (κ1) is 18.9. The average Bonchev–Trinajstić information content (AvgIpc) is 2.80. The van der Waals surface area contributed by atoms with E-state index in [1.54, 1.807) is 6.20 Å². The van der Waals surface area contributed by atoms with Gasteiger partial charge in [0.1, 0.15) is 11.5 Å². The monoisotopic (exact) mass is 387 g/mol. The van der Waals surface area contributed by atoms with Crippen LogP contribution in [-0.2, 0) is 6.42 Å². The fourth-order valence-electron chi connectivity index (χ4n) is 3.49. The van der Waals surface area contributed by atoms with E-state index in [1.807, 2.05) is 60.8 Å². The van der Waals surface area contributed by atoms with Crippen molar-refractivity contribution in [3.63, 3.8) is 0 Å². The number of aryl methyl sites for hydroxylation is 1. The van der Waals surface area contributed by atoms with Crippen LogP contribution in [-0.4, -0.2) is 42.1 Å². The Bertz CT molecular complexity index is 951. The number of carbonyl (C=O) groups is 1. The van der Waals surface area contributed by atoms with Gasteiger partial charge in [0.25, 0.3) is 5.91 Å². The van der Waals surface area contributed by atoms with E-state index in [2.05, 4.69) is 32.0 Å². The van der Waals surface area contributed by atoms with Gasteiger partial charge in [-0.2, -0.15) is 0 Å². The highest BCUT2D eigenvalue weighted by Crippen LogP contribution is 2.20. The van der Waals surface area contributed by atoms with Gasteiger partial charge in [0.05, 0.1) is 0 Å². The maximum atomic E-state index is 12.6. The normalized spacial score (nSPS) is 14.0. The summed E-state index contributed by atoms with van der Waals surface area (Å²) < 4.78 is 0. The van der Waals surface area contributed by atoms with Crippen LogP contribution < -0.4 is 15.1 Å². The van der Waals surface area contributed by atoms with Gasteiger partial charge < -0.3 is 15.1 Å². The Morgan fingerprint density at radius 3 is 2.38 bits per heavy atom. The van der Waals surface area contributed by atoms with Gasteiger partial charge in [-0.25, -0.2) is 4.98 Å². The highest BCUT2D eigenvalue weighted by Gasteiger charge is 2.19. The first-order valence-electron chi connectivity index (χ1n) is 10.00. The number of nitrogens with zero attached hydrogens (tertiary/aromatic N) is 4. The lowest BCUT2D eigenvalue weighted by Gasteiger charge is -2.36. The molecule has 0 radical (unpaired) electrons. The molecule has 4 rings (SSSR count). The van der Waals surface area contributed by atoms with Crippen LogP contribution in [0.3, 0.4) is 0 Å². The highest BCUT2D eigenvalue weighted by atomic mass is 16.1. The topological polar surface area (TPSA) is 61.4 Å². The molecule has 6 nitrogen and oxygen atoms in total. The Labute approximate surface area is 171 Å². The molecule has 6 heteroatoms. The molecule has 1 aliphatic rings. The Kier molecular flexibility index (Phi) is 5.70. The molecule has 0 unspecified atom stereocenters. The minimum absolute atomic E-state index is 0.191. The molecular weight excluding hydrogens is 362 g/mol. The quantitative estimate of drug-likeness (QED) is 0.725.